The summed E-state index contributed by atoms with van der Waals surface area (Å²) in [5, 5.41) is 0. The number of nitrogens with zero attached hydrogens (tertiary/aromatic N) is 2. The molecule has 0 spiro atoms. The van der Waals surface area contributed by atoms with Gasteiger partial charge in [-0.25, -0.2) is 4.98 Å². The van der Waals surface area contributed by atoms with Crippen molar-refractivity contribution in [2.24, 2.45) is 0 Å². The van der Waals surface area contributed by atoms with Crippen LogP contribution in [-0.4, -0.2) is 17.1 Å². The molecular formula is C18H18N4O2. The van der Waals surface area contributed by atoms with E-state index in [9.17, 15) is 0 Å². The van der Waals surface area contributed by atoms with Crippen LogP contribution >= 0.6 is 0 Å². The average Bonchev–Trinajstić information content (AvgIpc) is 2.59. The molecule has 0 radical (unpaired) electrons. The van der Waals surface area contributed by atoms with Gasteiger partial charge in [-0.2, -0.15) is 4.98 Å². The molecule has 0 aliphatic carbocycles. The first kappa shape index (κ1) is 15.6. The van der Waals surface area contributed by atoms with E-state index in [-0.39, 0.29) is 5.95 Å². The predicted octanol–water partition coefficient (Wildman–Crippen LogP) is 2.90. The lowest BCUT2D eigenvalue weighted by Crippen LogP contribution is -2.01. The summed E-state index contributed by atoms with van der Waals surface area (Å²) in [4.78, 5) is 8.08. The van der Waals surface area contributed by atoms with Crippen LogP contribution in [0.15, 0.2) is 54.6 Å². The van der Waals surface area contributed by atoms with E-state index in [1.54, 1.807) is 13.2 Å². The SMILES string of the molecule is COc1ccccc1COc1cccc(-c2cc(N)nc(N)n2)c1. The molecule has 1 heterocycles. The lowest BCUT2D eigenvalue weighted by atomic mass is 10.1. The number of nitrogen functional groups attached to an aromatic ring is 2. The standard InChI is InChI=1S/C18H18N4O2/c1-23-16-8-3-2-5-13(16)11-24-14-7-4-6-12(9-14)15-10-17(19)22-18(20)21-15/h2-10H,11H2,1H3,(H4,19,20,21,22). The summed E-state index contributed by atoms with van der Waals surface area (Å²) in [5.74, 6) is 1.99. The van der Waals surface area contributed by atoms with Gasteiger partial charge >= 0.3 is 0 Å². The van der Waals surface area contributed by atoms with Gasteiger partial charge in [-0.15, -0.1) is 0 Å². The van der Waals surface area contributed by atoms with Crippen molar-refractivity contribution in [2.45, 2.75) is 6.61 Å². The molecule has 6 heteroatoms. The number of ether oxygens (including phenoxy) is 2. The maximum atomic E-state index is 5.87. The van der Waals surface area contributed by atoms with Crippen LogP contribution in [0.4, 0.5) is 11.8 Å². The molecule has 0 saturated carbocycles. The van der Waals surface area contributed by atoms with Gasteiger partial charge in [0.05, 0.1) is 12.8 Å². The molecule has 122 valence electrons. The van der Waals surface area contributed by atoms with Crippen LogP contribution in [0.1, 0.15) is 5.56 Å². The van der Waals surface area contributed by atoms with Gasteiger partial charge in [-0.3, -0.25) is 0 Å². The van der Waals surface area contributed by atoms with Crippen molar-refractivity contribution in [1.29, 1.82) is 0 Å². The van der Waals surface area contributed by atoms with Crippen LogP contribution in [0.2, 0.25) is 0 Å². The highest BCUT2D eigenvalue weighted by Crippen LogP contribution is 2.25. The Hall–Kier alpha value is -3.28. The minimum Gasteiger partial charge on any atom is -0.496 e. The third kappa shape index (κ3) is 3.55. The topological polar surface area (TPSA) is 96.3 Å². The molecule has 0 aliphatic rings. The molecule has 0 atom stereocenters. The molecule has 1 aromatic heterocycles. The molecule has 0 fully saturated rings. The molecule has 3 aromatic rings. The smallest absolute Gasteiger partial charge is 0.222 e. The molecule has 0 unspecified atom stereocenters. The zero-order valence-electron chi connectivity index (χ0n) is 13.3. The minimum atomic E-state index is 0.144. The molecule has 24 heavy (non-hydrogen) atoms. The minimum absolute atomic E-state index is 0.144. The summed E-state index contributed by atoms with van der Waals surface area (Å²) in [7, 11) is 1.64. The van der Waals surface area contributed by atoms with Gasteiger partial charge in [0.25, 0.3) is 0 Å². The van der Waals surface area contributed by atoms with Crippen molar-refractivity contribution < 1.29 is 9.47 Å². The first-order chi connectivity index (χ1) is 11.7. The van der Waals surface area contributed by atoms with E-state index in [1.807, 2.05) is 48.5 Å². The van der Waals surface area contributed by atoms with Crippen LogP contribution in [-0.2, 0) is 6.61 Å². The predicted molar refractivity (Wildman–Crippen MR) is 93.6 cm³/mol. The summed E-state index contributed by atoms with van der Waals surface area (Å²) in [6, 6.07) is 17.0. The summed E-state index contributed by atoms with van der Waals surface area (Å²) < 4.78 is 11.2. The van der Waals surface area contributed by atoms with Crippen LogP contribution in [0.25, 0.3) is 11.3 Å². The third-order valence-corrected chi connectivity index (χ3v) is 3.48. The Morgan fingerprint density at radius 2 is 1.79 bits per heavy atom. The maximum absolute atomic E-state index is 5.87. The van der Waals surface area contributed by atoms with E-state index >= 15 is 0 Å². The molecule has 0 amide bonds. The fraction of sp³-hybridized carbons (Fsp3) is 0.111. The zero-order chi connectivity index (χ0) is 16.9. The van der Waals surface area contributed by atoms with Crippen molar-refractivity contribution >= 4 is 11.8 Å². The van der Waals surface area contributed by atoms with Gasteiger partial charge < -0.3 is 20.9 Å². The Kier molecular flexibility index (Phi) is 4.47. The lowest BCUT2D eigenvalue weighted by Gasteiger charge is -2.11. The molecule has 2 aromatic carbocycles. The number of aromatic nitrogens is 2. The van der Waals surface area contributed by atoms with Crippen molar-refractivity contribution in [2.75, 3.05) is 18.6 Å². The average molecular weight is 322 g/mol. The highest BCUT2D eigenvalue weighted by atomic mass is 16.5. The first-order valence-electron chi connectivity index (χ1n) is 7.41. The Balaban J connectivity index is 1.80. The highest BCUT2D eigenvalue weighted by Gasteiger charge is 2.06. The van der Waals surface area contributed by atoms with Crippen LogP contribution < -0.4 is 20.9 Å². The van der Waals surface area contributed by atoms with Crippen molar-refractivity contribution in [3.05, 3.63) is 60.2 Å². The van der Waals surface area contributed by atoms with Crippen LogP contribution in [0.3, 0.4) is 0 Å². The number of nitrogens with two attached hydrogens (primary N) is 2. The first-order valence-corrected chi connectivity index (χ1v) is 7.41. The number of hydrogen-bond donors (Lipinski definition) is 2. The van der Waals surface area contributed by atoms with E-state index < -0.39 is 0 Å². The van der Waals surface area contributed by atoms with Gasteiger partial charge in [-0.05, 0) is 18.2 Å². The van der Waals surface area contributed by atoms with Crippen LogP contribution in [0.5, 0.6) is 11.5 Å². The summed E-state index contributed by atoms with van der Waals surface area (Å²) in [6.07, 6.45) is 0. The fourth-order valence-electron chi connectivity index (χ4n) is 2.36. The normalized spacial score (nSPS) is 10.4. The number of anilines is 2. The molecule has 0 aliphatic heterocycles. The number of hydrogen-bond acceptors (Lipinski definition) is 6. The Morgan fingerprint density at radius 3 is 2.58 bits per heavy atom. The lowest BCUT2D eigenvalue weighted by molar-refractivity contribution is 0.297. The quantitative estimate of drug-likeness (QED) is 0.750. The van der Waals surface area contributed by atoms with E-state index in [0.717, 1.165) is 16.9 Å². The monoisotopic (exact) mass is 322 g/mol. The largest absolute Gasteiger partial charge is 0.496 e. The second kappa shape index (κ2) is 6.87. The molecular weight excluding hydrogens is 304 g/mol. The molecule has 4 N–H and O–H groups in total. The highest BCUT2D eigenvalue weighted by molar-refractivity contribution is 5.64. The molecule has 0 bridgehead atoms. The van der Waals surface area contributed by atoms with E-state index in [4.69, 9.17) is 20.9 Å². The van der Waals surface area contributed by atoms with Gasteiger partial charge in [-0.1, -0.05) is 30.3 Å². The second-order valence-electron chi connectivity index (χ2n) is 5.16. The van der Waals surface area contributed by atoms with Gasteiger partial charge in [0.2, 0.25) is 5.95 Å². The van der Waals surface area contributed by atoms with Gasteiger partial charge in [0, 0.05) is 17.2 Å². The Labute approximate surface area is 140 Å². The summed E-state index contributed by atoms with van der Waals surface area (Å²) >= 11 is 0. The Bertz CT molecular complexity index is 832. The molecule has 0 saturated heterocycles. The van der Waals surface area contributed by atoms with Crippen molar-refractivity contribution in [3.63, 3.8) is 0 Å². The third-order valence-electron chi connectivity index (χ3n) is 3.48. The summed E-state index contributed by atoms with van der Waals surface area (Å²) in [5.41, 5.74) is 13.9. The van der Waals surface area contributed by atoms with Crippen molar-refractivity contribution in [1.82, 2.24) is 9.97 Å². The van der Waals surface area contributed by atoms with E-state index in [2.05, 4.69) is 9.97 Å². The zero-order valence-corrected chi connectivity index (χ0v) is 13.3. The van der Waals surface area contributed by atoms with E-state index in [0.29, 0.717) is 23.9 Å². The van der Waals surface area contributed by atoms with Crippen molar-refractivity contribution in [3.8, 4) is 22.8 Å². The number of benzene rings is 2. The maximum Gasteiger partial charge on any atom is 0.222 e. The van der Waals surface area contributed by atoms with Gasteiger partial charge in [0.1, 0.15) is 23.9 Å². The number of rotatable bonds is 5. The molecule has 3 rings (SSSR count). The van der Waals surface area contributed by atoms with Gasteiger partial charge in [0.15, 0.2) is 0 Å². The summed E-state index contributed by atoms with van der Waals surface area (Å²) in [6.45, 7) is 0.404. The number of methoxy groups -OCH3 is 1. The number of para-hydroxylation sites is 1. The van der Waals surface area contributed by atoms with E-state index in [1.165, 1.54) is 0 Å². The Morgan fingerprint density at radius 1 is 0.958 bits per heavy atom. The fourth-order valence-corrected chi connectivity index (χ4v) is 2.36. The second-order valence-corrected chi connectivity index (χ2v) is 5.16. The van der Waals surface area contributed by atoms with Crippen LogP contribution in [0, 0.1) is 0 Å². The molecule has 6 nitrogen and oxygen atoms in total.